The van der Waals surface area contributed by atoms with E-state index in [0.29, 0.717) is 35.1 Å². The molecule has 0 saturated heterocycles. The average Bonchev–Trinajstić information content (AvgIpc) is 3.91. The number of H-pyrrole nitrogens is 6. The van der Waals surface area contributed by atoms with Gasteiger partial charge < -0.3 is 8.94 Å². The molecule has 0 aliphatic heterocycles. The van der Waals surface area contributed by atoms with Gasteiger partial charge in [0, 0.05) is 31.4 Å². The number of aryl methyl sites for hydroxylation is 8. The van der Waals surface area contributed by atoms with Crippen molar-refractivity contribution in [3.63, 3.8) is 0 Å². The second kappa shape index (κ2) is 21.9. The van der Waals surface area contributed by atoms with Crippen LogP contribution in [-0.2, 0) is 7.05 Å². The predicted molar refractivity (Wildman–Crippen MR) is 165 cm³/mol. The quantitative estimate of drug-likeness (QED) is 0.102. The monoisotopic (exact) mass is 708 g/mol. The summed E-state index contributed by atoms with van der Waals surface area (Å²) in [6.45, 7) is 12.0. The Morgan fingerprint density at radius 1 is 0.776 bits per heavy atom. The molecule has 0 aliphatic rings. The summed E-state index contributed by atoms with van der Waals surface area (Å²) in [5.41, 5.74) is 0.234. The molecule has 0 fully saturated rings. The molecule has 6 N–H and O–H groups in total. The average molecular weight is 709 g/mol. The maximum Gasteiger partial charge on any atom is 0.438 e. The number of nitrogens with zero attached hydrogens (tertiary/aromatic N) is 12. The summed E-state index contributed by atoms with van der Waals surface area (Å²) in [7, 11) is 1.74. The Labute approximate surface area is 275 Å². The molecule has 7 aromatic rings. The van der Waals surface area contributed by atoms with Gasteiger partial charge in [0.05, 0.1) is 12.7 Å². The number of nitrogens with one attached hydrogen (secondary N) is 6. The van der Waals surface area contributed by atoms with Crippen LogP contribution in [-0.4, -0.2) is 90.9 Å². The summed E-state index contributed by atoms with van der Waals surface area (Å²) < 4.78 is 16.6. The first kappa shape index (κ1) is 40.2. The van der Waals surface area contributed by atoms with Crippen LogP contribution in [0.4, 0.5) is 0 Å². The van der Waals surface area contributed by atoms with Gasteiger partial charge in [-0.2, -0.15) is 29.6 Å². The number of aromatic amines is 6. The van der Waals surface area contributed by atoms with Gasteiger partial charge in [-0.3, -0.25) is 24.1 Å². The molecule has 27 heteroatoms. The lowest BCUT2D eigenvalue weighted by Gasteiger charge is -1.82. The third-order valence-electron chi connectivity index (χ3n) is 4.06. The van der Waals surface area contributed by atoms with Crippen molar-refractivity contribution in [2.45, 2.75) is 48.5 Å². The minimum Gasteiger partial charge on any atom is -0.393 e. The smallest absolute Gasteiger partial charge is 0.393 e. The van der Waals surface area contributed by atoms with Gasteiger partial charge in [0.15, 0.2) is 11.6 Å². The Bertz CT molecular complexity index is 1930. The van der Waals surface area contributed by atoms with Crippen LogP contribution in [0.3, 0.4) is 0 Å². The van der Waals surface area contributed by atoms with Gasteiger partial charge in [-0.1, -0.05) is 10.4 Å². The van der Waals surface area contributed by atoms with E-state index < -0.39 is 17.2 Å². The van der Waals surface area contributed by atoms with Crippen molar-refractivity contribution in [1.29, 1.82) is 0 Å². The second-order valence-corrected chi connectivity index (χ2v) is 9.22. The van der Waals surface area contributed by atoms with Crippen LogP contribution in [0.1, 0.15) is 40.8 Å². The lowest BCUT2D eigenvalue weighted by molar-refractivity contribution is 0.383. The van der Waals surface area contributed by atoms with Crippen molar-refractivity contribution < 1.29 is 13.5 Å². The second-order valence-electron chi connectivity index (χ2n) is 8.48. The summed E-state index contributed by atoms with van der Waals surface area (Å²) in [4.78, 5) is 60.0. The van der Waals surface area contributed by atoms with E-state index in [-0.39, 0.29) is 10.4 Å². The van der Waals surface area contributed by atoms with Crippen LogP contribution in [0.15, 0.2) is 49.6 Å². The minimum absolute atomic E-state index is 0.0856. The van der Waals surface area contributed by atoms with E-state index in [1.54, 1.807) is 54.7 Å². The van der Waals surface area contributed by atoms with E-state index in [4.69, 9.17) is 0 Å². The van der Waals surface area contributed by atoms with Crippen LogP contribution in [0.2, 0.25) is 0 Å². The molecule has 264 valence electrons. The van der Waals surface area contributed by atoms with Crippen LogP contribution in [0.5, 0.6) is 0 Å². The van der Waals surface area contributed by atoms with Gasteiger partial charge in [0.25, 0.3) is 5.56 Å². The third-order valence-corrected chi connectivity index (χ3v) is 4.70. The highest BCUT2D eigenvalue weighted by Crippen LogP contribution is 1.80. The molecule has 0 radical (unpaired) electrons. The van der Waals surface area contributed by atoms with Gasteiger partial charge in [0.1, 0.15) is 11.6 Å². The van der Waals surface area contributed by atoms with Gasteiger partial charge in [-0.05, 0) is 45.9 Å². The molecular formula is C22H32N18O8S. The summed E-state index contributed by atoms with van der Waals surface area (Å²) in [6.07, 6.45) is 0. The molecule has 0 spiro atoms. The summed E-state index contributed by atoms with van der Waals surface area (Å²) in [5.74, 6) is 2.31. The zero-order chi connectivity index (χ0) is 36.8. The molecule has 7 rings (SSSR count). The number of tetrazole rings is 2. The first-order chi connectivity index (χ1) is 23.1. The van der Waals surface area contributed by atoms with E-state index in [2.05, 4.69) is 94.4 Å². The van der Waals surface area contributed by atoms with E-state index >= 15 is 0 Å². The Hall–Kier alpha value is -6.80. The molecule has 7 heterocycles. The predicted octanol–water partition coefficient (Wildman–Crippen LogP) is -1.74. The first-order valence-corrected chi connectivity index (χ1v) is 13.9. The normalized spacial score (nSPS) is 9.22. The lowest BCUT2D eigenvalue weighted by Crippen LogP contribution is -2.05. The van der Waals surface area contributed by atoms with Crippen LogP contribution in [0, 0.1) is 48.5 Å². The minimum atomic E-state index is -0.502. The van der Waals surface area contributed by atoms with Crippen LogP contribution in [0.25, 0.3) is 0 Å². The largest absolute Gasteiger partial charge is 0.438 e. The summed E-state index contributed by atoms with van der Waals surface area (Å²) in [5, 5.41) is 40.5. The van der Waals surface area contributed by atoms with E-state index in [0.717, 1.165) is 17.2 Å². The van der Waals surface area contributed by atoms with E-state index in [1.165, 1.54) is 10.9 Å². The van der Waals surface area contributed by atoms with Crippen LogP contribution < -0.4 is 27.6 Å². The number of hydrogen-bond acceptors (Lipinski definition) is 20. The molecule has 0 aromatic carbocycles. The Kier molecular flexibility index (Phi) is 17.9. The van der Waals surface area contributed by atoms with Crippen molar-refractivity contribution in [1.82, 2.24) is 90.9 Å². The number of aromatic nitrogens is 18. The maximum absolute atomic E-state index is 10.3. The molecule has 0 unspecified atom stereocenters. The SMILES string of the molecule is Cc1ccc(=O)[nH]n1.Cc1n[nH]c(=O)o1.Cc1nc(=O)[nH]o1.Cc1nn[nH]n1.Cc1nnn(C)n1.Cc1noc(=O)[nH]1.Cc1nsc(=O)[nH]1. The lowest BCUT2D eigenvalue weighted by atomic mass is 10.4. The molecule has 0 aliphatic carbocycles. The van der Waals surface area contributed by atoms with Crippen molar-refractivity contribution in [2.75, 3.05) is 0 Å². The third kappa shape index (κ3) is 20.8. The molecular weight excluding hydrogens is 676 g/mol. The van der Waals surface area contributed by atoms with Gasteiger partial charge >= 0.3 is 22.1 Å². The van der Waals surface area contributed by atoms with Crippen LogP contribution >= 0.6 is 11.5 Å². The standard InChI is InChI=1S/C5H6N2O.C3H6N4.3C3H4N2O2.C3H4N2OS.C2H4N4/c1-4-2-3-5(8)7-6-4;1-3-4-6-7(2)5-3;1-2-4-5-3(6)7-2;1-2-4-3(6)5-7-2;2*1-2-4-3(6)7-5-2;1-2-3-5-6-4-2/h2-3H,1H3,(H,7,8);1-2H3;2*1H3,(H,5,6);2*1H3,(H,4,5,6);1H3,(H,3,4,5,6). The molecule has 0 bridgehead atoms. The first-order valence-electron chi connectivity index (χ1n) is 13.1. The molecule has 0 atom stereocenters. The van der Waals surface area contributed by atoms with Gasteiger partial charge in [-0.15, -0.1) is 25.5 Å². The van der Waals surface area contributed by atoms with Gasteiger partial charge in [0.2, 0.25) is 11.8 Å². The van der Waals surface area contributed by atoms with Crippen molar-refractivity contribution >= 4 is 11.5 Å². The highest BCUT2D eigenvalue weighted by atomic mass is 32.1. The summed E-state index contributed by atoms with van der Waals surface area (Å²) in [6, 6.07) is 3.11. The van der Waals surface area contributed by atoms with Crippen molar-refractivity contribution in [3.05, 3.63) is 105 Å². The van der Waals surface area contributed by atoms with E-state index in [9.17, 15) is 24.0 Å². The highest BCUT2D eigenvalue weighted by Gasteiger charge is 1.89. The Balaban J connectivity index is 0.000000286. The zero-order valence-electron chi connectivity index (χ0n) is 27.2. The molecule has 26 nitrogen and oxygen atoms in total. The molecule has 7 aromatic heterocycles. The number of hydrogen-bond donors (Lipinski definition) is 6. The zero-order valence-corrected chi connectivity index (χ0v) is 28.0. The van der Waals surface area contributed by atoms with Crippen molar-refractivity contribution in [2.24, 2.45) is 7.05 Å². The maximum atomic E-state index is 10.3. The Morgan fingerprint density at radius 2 is 1.51 bits per heavy atom. The molecule has 0 amide bonds. The fraction of sp³-hybridized carbons (Fsp3) is 0.364. The Morgan fingerprint density at radius 3 is 1.69 bits per heavy atom. The molecule has 49 heavy (non-hydrogen) atoms. The van der Waals surface area contributed by atoms with Crippen molar-refractivity contribution in [3.8, 4) is 0 Å². The fourth-order valence-corrected chi connectivity index (χ4v) is 2.68. The summed E-state index contributed by atoms with van der Waals surface area (Å²) >= 11 is 0.943. The fourth-order valence-electron chi connectivity index (χ4n) is 2.22. The highest BCUT2D eigenvalue weighted by molar-refractivity contribution is 7.02. The number of rotatable bonds is 0. The topological polar surface area (TPSA) is 366 Å². The van der Waals surface area contributed by atoms with E-state index in [1.807, 2.05) is 12.1 Å². The van der Waals surface area contributed by atoms with Gasteiger partial charge in [-0.25, -0.2) is 24.6 Å². The molecule has 0 saturated carbocycles.